The van der Waals surface area contributed by atoms with Crippen molar-refractivity contribution in [3.05, 3.63) is 197 Å². The van der Waals surface area contributed by atoms with Gasteiger partial charge in [0.15, 0.2) is 0 Å². The van der Waals surface area contributed by atoms with Gasteiger partial charge in [0, 0.05) is 11.6 Å². The monoisotopic (exact) mass is 792 g/mol. The molecular formula is C59H69N. The summed E-state index contributed by atoms with van der Waals surface area (Å²) in [4.78, 5) is 0. The van der Waals surface area contributed by atoms with Gasteiger partial charge < -0.3 is 5.32 Å². The predicted octanol–water partition coefficient (Wildman–Crippen LogP) is 16.6. The molecule has 0 amide bonds. The number of nitrogens with one attached hydrogen (secondary N) is 1. The summed E-state index contributed by atoms with van der Waals surface area (Å²) in [6, 6.07) is 34.1. The van der Waals surface area contributed by atoms with Gasteiger partial charge in [-0.2, -0.15) is 0 Å². The first kappa shape index (κ1) is 46.8. The molecule has 0 bridgehead atoms. The molecule has 310 valence electrons. The van der Waals surface area contributed by atoms with Crippen molar-refractivity contribution in [1.82, 2.24) is 0 Å². The summed E-state index contributed by atoms with van der Waals surface area (Å²) in [6.45, 7) is 17.2. The third-order valence-electron chi connectivity index (χ3n) is 11.3. The van der Waals surface area contributed by atoms with Gasteiger partial charge in [0.25, 0.3) is 0 Å². The Kier molecular flexibility index (Phi) is 19.5. The number of hydrogen-bond donors (Lipinski definition) is 1. The zero-order valence-electron chi connectivity index (χ0n) is 37.7. The van der Waals surface area contributed by atoms with Crippen LogP contribution in [0.1, 0.15) is 103 Å². The van der Waals surface area contributed by atoms with Gasteiger partial charge in [-0.25, -0.2) is 0 Å². The Balaban J connectivity index is 0.00000193. The number of benzene rings is 4. The second-order valence-electron chi connectivity index (χ2n) is 15.3. The molecule has 3 atom stereocenters. The molecule has 3 unspecified atom stereocenters. The summed E-state index contributed by atoms with van der Waals surface area (Å²) in [6.07, 6.45) is 42.0. The van der Waals surface area contributed by atoms with E-state index in [1.54, 1.807) is 0 Å². The first-order chi connectivity index (χ1) is 29.4. The zero-order chi connectivity index (χ0) is 43.3. The summed E-state index contributed by atoms with van der Waals surface area (Å²) in [5, 5.41) is 3.93. The first-order valence-corrected chi connectivity index (χ1v) is 22.4. The van der Waals surface area contributed by atoms with Gasteiger partial charge in [0.2, 0.25) is 0 Å². The van der Waals surface area contributed by atoms with Gasteiger partial charge in [-0.15, -0.1) is 12.8 Å². The van der Waals surface area contributed by atoms with Crippen molar-refractivity contribution in [3.63, 3.8) is 0 Å². The Bertz CT molecular complexity index is 2230. The molecule has 1 nitrogen and oxygen atoms in total. The lowest BCUT2D eigenvalue weighted by Gasteiger charge is -2.33. The average Bonchev–Trinajstić information content (AvgIpc) is 3.30. The van der Waals surface area contributed by atoms with Gasteiger partial charge in [-0.3, -0.25) is 0 Å². The van der Waals surface area contributed by atoms with Crippen molar-refractivity contribution in [2.45, 2.75) is 100.0 Å². The SMILES string of the molecule is C#C.C/C=C\C=C/Cc1cc(-c2ccccc2)cc(-c2ccc(NC3C=CC(CC)=CC3C3C=CC(c4ccc(C(=C/C)/C(C)=C\CC)c(CCC)c4)=CC3)cc2)c1.CC. The summed E-state index contributed by atoms with van der Waals surface area (Å²) < 4.78 is 0. The first-order valence-electron chi connectivity index (χ1n) is 22.4. The van der Waals surface area contributed by atoms with Crippen molar-refractivity contribution >= 4 is 16.8 Å². The van der Waals surface area contributed by atoms with E-state index in [4.69, 9.17) is 0 Å². The van der Waals surface area contributed by atoms with Gasteiger partial charge in [0.05, 0.1) is 6.04 Å². The molecule has 4 aromatic rings. The molecule has 60 heavy (non-hydrogen) atoms. The maximum absolute atomic E-state index is 4.00. The molecule has 0 aliphatic heterocycles. The Morgan fingerprint density at radius 1 is 0.767 bits per heavy atom. The van der Waals surface area contributed by atoms with Crippen LogP contribution in [0.3, 0.4) is 0 Å². The van der Waals surface area contributed by atoms with E-state index in [1.165, 1.54) is 66.8 Å². The highest BCUT2D eigenvalue weighted by Crippen LogP contribution is 2.37. The second kappa shape index (κ2) is 24.9. The number of terminal acetylenes is 1. The summed E-state index contributed by atoms with van der Waals surface area (Å²) >= 11 is 0. The Hall–Kier alpha value is -5.84. The maximum atomic E-state index is 4.00. The van der Waals surface area contributed by atoms with Crippen LogP contribution in [-0.4, -0.2) is 6.04 Å². The van der Waals surface area contributed by atoms with Crippen LogP contribution in [0.2, 0.25) is 0 Å². The standard InChI is InChI=1S/C55H61N.C2H6.C2H2/c1-7-12-13-15-20-42-35-49(43-21-16-14-17-22-43)39-50(36-42)45-28-31-51(32-29-45)56-55-34-23-41(10-4)37-54(55)46-26-24-44(25-27-46)47-30-33-53(48(38-47)19-9-3)52(11-5)40(6)18-8-2;2*1-2/h7,11-18,21-26,28-39,46,54-56H,8-10,19-20,27H2,1-6H3;1-2H3;1-2H/b12-7-,15-13-,40-18-,52-11+;;. The lowest BCUT2D eigenvalue weighted by atomic mass is 9.76. The lowest BCUT2D eigenvalue weighted by Crippen LogP contribution is -2.33. The zero-order valence-corrected chi connectivity index (χ0v) is 37.7. The van der Waals surface area contributed by atoms with E-state index in [1.807, 2.05) is 13.8 Å². The van der Waals surface area contributed by atoms with Crippen LogP contribution in [0.15, 0.2) is 175 Å². The second-order valence-corrected chi connectivity index (χ2v) is 15.3. The third-order valence-corrected chi connectivity index (χ3v) is 11.3. The molecule has 6 rings (SSSR count). The smallest absolute Gasteiger partial charge is 0.0516 e. The molecule has 1 heteroatoms. The van der Waals surface area contributed by atoms with E-state index in [9.17, 15) is 0 Å². The molecule has 0 radical (unpaired) electrons. The molecule has 0 heterocycles. The highest BCUT2D eigenvalue weighted by atomic mass is 14.9. The number of rotatable bonds is 15. The van der Waals surface area contributed by atoms with E-state index < -0.39 is 0 Å². The van der Waals surface area contributed by atoms with E-state index in [0.29, 0.717) is 11.8 Å². The molecule has 0 saturated heterocycles. The van der Waals surface area contributed by atoms with Crippen LogP contribution in [0.4, 0.5) is 5.69 Å². The minimum absolute atomic E-state index is 0.215. The number of allylic oxidation sites excluding steroid dienone is 14. The largest absolute Gasteiger partial charge is 0.378 e. The molecule has 0 spiro atoms. The molecule has 2 aliphatic carbocycles. The summed E-state index contributed by atoms with van der Waals surface area (Å²) in [5.74, 6) is 0.793. The molecule has 0 aromatic heterocycles. The van der Waals surface area contributed by atoms with Crippen LogP contribution >= 0.6 is 0 Å². The quantitative estimate of drug-likeness (QED) is 0.0934. The predicted molar refractivity (Wildman–Crippen MR) is 268 cm³/mol. The fraction of sp³-hybridized carbons (Fsp3) is 0.288. The van der Waals surface area contributed by atoms with Crippen molar-refractivity contribution < 1.29 is 0 Å². The van der Waals surface area contributed by atoms with Gasteiger partial charge in [0.1, 0.15) is 0 Å². The molecule has 0 fully saturated rings. The van der Waals surface area contributed by atoms with E-state index in [-0.39, 0.29) is 6.04 Å². The highest BCUT2D eigenvalue weighted by Gasteiger charge is 2.28. The Labute approximate surface area is 364 Å². The van der Waals surface area contributed by atoms with Crippen LogP contribution in [0.5, 0.6) is 0 Å². The van der Waals surface area contributed by atoms with Gasteiger partial charge in [-0.1, -0.05) is 192 Å². The van der Waals surface area contributed by atoms with Crippen LogP contribution in [0, 0.1) is 24.7 Å². The minimum atomic E-state index is 0.215. The maximum Gasteiger partial charge on any atom is 0.0516 e. The van der Waals surface area contributed by atoms with Gasteiger partial charge in [-0.05, 0) is 138 Å². The average molecular weight is 792 g/mol. The van der Waals surface area contributed by atoms with Crippen molar-refractivity contribution in [1.29, 1.82) is 0 Å². The number of aryl methyl sites for hydroxylation is 1. The van der Waals surface area contributed by atoms with Crippen molar-refractivity contribution in [3.8, 4) is 35.1 Å². The van der Waals surface area contributed by atoms with E-state index >= 15 is 0 Å². The fourth-order valence-electron chi connectivity index (χ4n) is 8.31. The van der Waals surface area contributed by atoms with Crippen LogP contribution < -0.4 is 5.32 Å². The number of hydrogen-bond acceptors (Lipinski definition) is 1. The Morgan fingerprint density at radius 3 is 2.08 bits per heavy atom. The topological polar surface area (TPSA) is 12.0 Å². The third kappa shape index (κ3) is 12.6. The molecule has 2 aliphatic rings. The van der Waals surface area contributed by atoms with E-state index in [0.717, 1.165) is 44.2 Å². The van der Waals surface area contributed by atoms with Crippen LogP contribution in [-0.2, 0) is 12.8 Å². The lowest BCUT2D eigenvalue weighted by molar-refractivity contribution is 0.446. The highest BCUT2D eigenvalue weighted by molar-refractivity contribution is 5.83. The fourth-order valence-corrected chi connectivity index (χ4v) is 8.31. The number of anilines is 1. The van der Waals surface area contributed by atoms with Crippen molar-refractivity contribution in [2.75, 3.05) is 5.32 Å². The van der Waals surface area contributed by atoms with Gasteiger partial charge >= 0.3 is 0 Å². The molecule has 0 saturated carbocycles. The Morgan fingerprint density at radius 2 is 1.47 bits per heavy atom. The van der Waals surface area contributed by atoms with Crippen molar-refractivity contribution in [2.24, 2.45) is 11.8 Å². The molecule has 4 aromatic carbocycles. The van der Waals surface area contributed by atoms with Crippen LogP contribution in [0.25, 0.3) is 33.4 Å². The molecular weight excluding hydrogens is 723 g/mol. The van der Waals surface area contributed by atoms with E-state index in [2.05, 4.69) is 224 Å². The summed E-state index contributed by atoms with van der Waals surface area (Å²) in [7, 11) is 0. The normalized spacial score (nSPS) is 17.7. The summed E-state index contributed by atoms with van der Waals surface area (Å²) in [5.41, 5.74) is 17.1. The molecule has 1 N–H and O–H groups in total. The minimum Gasteiger partial charge on any atom is -0.378 e.